The highest BCUT2D eigenvalue weighted by molar-refractivity contribution is 5.79. The molecule has 1 heterocycles. The summed E-state index contributed by atoms with van der Waals surface area (Å²) < 4.78 is 11.3. The lowest BCUT2D eigenvalue weighted by atomic mass is 9.89. The Morgan fingerprint density at radius 2 is 1.69 bits per heavy atom. The molecular formula is C27H37NO4. The fourth-order valence-electron chi connectivity index (χ4n) is 4.67. The Kier molecular flexibility index (Phi) is 7.96. The summed E-state index contributed by atoms with van der Waals surface area (Å²) in [5.74, 6) is 1.06. The van der Waals surface area contributed by atoms with Crippen LogP contribution < -0.4 is 4.74 Å². The summed E-state index contributed by atoms with van der Waals surface area (Å²) in [6.07, 6.45) is 0.916. The van der Waals surface area contributed by atoms with Gasteiger partial charge in [-0.05, 0) is 75.1 Å². The number of hydrogen-bond donors (Lipinski definition) is 1. The SMILES string of the molecule is CCOC(=O)C(C)(C)Oc1c(C)cc(CC2CN(Cc3ccccc3)CC2CO)cc1C. The highest BCUT2D eigenvalue weighted by Gasteiger charge is 2.34. The van der Waals surface area contributed by atoms with E-state index in [0.29, 0.717) is 12.5 Å². The average molecular weight is 440 g/mol. The Morgan fingerprint density at radius 1 is 1.06 bits per heavy atom. The number of benzene rings is 2. The van der Waals surface area contributed by atoms with Crippen LogP contribution in [0.25, 0.3) is 0 Å². The van der Waals surface area contributed by atoms with Gasteiger partial charge in [-0.15, -0.1) is 0 Å². The van der Waals surface area contributed by atoms with E-state index in [1.165, 1.54) is 11.1 Å². The maximum absolute atomic E-state index is 12.2. The molecule has 2 aromatic carbocycles. The molecule has 2 atom stereocenters. The van der Waals surface area contributed by atoms with Gasteiger partial charge in [0, 0.05) is 26.2 Å². The number of carbonyl (C=O) groups excluding carboxylic acids is 1. The van der Waals surface area contributed by atoms with Crippen molar-refractivity contribution >= 4 is 5.97 Å². The summed E-state index contributed by atoms with van der Waals surface area (Å²) in [4.78, 5) is 14.7. The van der Waals surface area contributed by atoms with E-state index >= 15 is 0 Å². The van der Waals surface area contributed by atoms with Crippen LogP contribution in [0.4, 0.5) is 0 Å². The van der Waals surface area contributed by atoms with Crippen molar-refractivity contribution in [3.63, 3.8) is 0 Å². The van der Waals surface area contributed by atoms with Crippen LogP contribution in [0.5, 0.6) is 5.75 Å². The van der Waals surface area contributed by atoms with Gasteiger partial charge in [0.05, 0.1) is 6.61 Å². The topological polar surface area (TPSA) is 59.0 Å². The largest absolute Gasteiger partial charge is 0.476 e. The Bertz CT molecular complexity index is 886. The first-order chi connectivity index (χ1) is 15.2. The molecule has 1 N–H and O–H groups in total. The lowest BCUT2D eigenvalue weighted by Crippen LogP contribution is -2.40. The maximum Gasteiger partial charge on any atom is 0.349 e. The molecule has 5 heteroatoms. The van der Waals surface area contributed by atoms with E-state index in [-0.39, 0.29) is 18.5 Å². The number of aliphatic hydroxyl groups is 1. The first-order valence-electron chi connectivity index (χ1n) is 11.6. The Labute approximate surface area is 192 Å². The number of hydrogen-bond acceptors (Lipinski definition) is 5. The van der Waals surface area contributed by atoms with Gasteiger partial charge < -0.3 is 14.6 Å². The van der Waals surface area contributed by atoms with E-state index in [9.17, 15) is 9.90 Å². The standard InChI is InChI=1S/C27H37NO4/c1-6-31-26(30)27(4,5)32-25-19(2)12-22(13-20(25)3)14-23-16-28(17-24(23)18-29)15-21-10-8-7-9-11-21/h7-13,23-24,29H,6,14-18H2,1-5H3. The zero-order chi connectivity index (χ0) is 23.3. The molecule has 0 spiro atoms. The van der Waals surface area contributed by atoms with Crippen molar-refractivity contribution in [2.45, 2.75) is 53.2 Å². The molecule has 32 heavy (non-hydrogen) atoms. The number of likely N-dealkylation sites (tertiary alicyclic amines) is 1. The predicted molar refractivity (Wildman–Crippen MR) is 127 cm³/mol. The number of aliphatic hydroxyl groups excluding tert-OH is 1. The minimum atomic E-state index is -1.04. The number of nitrogens with zero attached hydrogens (tertiary/aromatic N) is 1. The van der Waals surface area contributed by atoms with Gasteiger partial charge in [0.15, 0.2) is 5.60 Å². The van der Waals surface area contributed by atoms with Gasteiger partial charge in [0.1, 0.15) is 5.75 Å². The third kappa shape index (κ3) is 5.90. The van der Waals surface area contributed by atoms with Crippen LogP contribution in [0, 0.1) is 25.7 Å². The Hall–Kier alpha value is -2.37. The number of carbonyl (C=O) groups is 1. The van der Waals surface area contributed by atoms with Crippen molar-refractivity contribution in [3.8, 4) is 5.75 Å². The van der Waals surface area contributed by atoms with Crippen LogP contribution in [0.2, 0.25) is 0 Å². The number of rotatable bonds is 9. The molecular weight excluding hydrogens is 402 g/mol. The second-order valence-corrected chi connectivity index (χ2v) is 9.48. The molecule has 0 radical (unpaired) electrons. The van der Waals surface area contributed by atoms with Gasteiger partial charge in [-0.25, -0.2) is 4.79 Å². The van der Waals surface area contributed by atoms with Crippen molar-refractivity contribution in [1.82, 2.24) is 4.90 Å². The first kappa shape index (κ1) is 24.3. The number of aryl methyl sites for hydroxylation is 2. The fourth-order valence-corrected chi connectivity index (χ4v) is 4.67. The summed E-state index contributed by atoms with van der Waals surface area (Å²) in [6.45, 7) is 12.7. The molecule has 3 rings (SSSR count). The van der Waals surface area contributed by atoms with E-state index in [2.05, 4.69) is 41.3 Å². The lowest BCUT2D eigenvalue weighted by molar-refractivity contribution is -0.158. The van der Waals surface area contributed by atoms with Gasteiger partial charge >= 0.3 is 5.97 Å². The first-order valence-corrected chi connectivity index (χ1v) is 11.6. The smallest absolute Gasteiger partial charge is 0.349 e. The summed E-state index contributed by atoms with van der Waals surface area (Å²) >= 11 is 0. The van der Waals surface area contributed by atoms with E-state index in [0.717, 1.165) is 42.9 Å². The molecule has 0 bridgehead atoms. The van der Waals surface area contributed by atoms with E-state index in [1.807, 2.05) is 19.9 Å². The van der Waals surface area contributed by atoms with Crippen molar-refractivity contribution in [2.75, 3.05) is 26.3 Å². The predicted octanol–water partition coefficient (Wildman–Crippen LogP) is 4.31. The third-order valence-corrected chi connectivity index (χ3v) is 6.28. The van der Waals surface area contributed by atoms with Crippen LogP contribution >= 0.6 is 0 Å². The van der Waals surface area contributed by atoms with Crippen molar-refractivity contribution < 1.29 is 19.4 Å². The van der Waals surface area contributed by atoms with Crippen molar-refractivity contribution in [2.24, 2.45) is 11.8 Å². The van der Waals surface area contributed by atoms with Gasteiger partial charge in [0.2, 0.25) is 0 Å². The number of ether oxygens (including phenoxy) is 2. The highest BCUT2D eigenvalue weighted by atomic mass is 16.6. The number of esters is 1. The van der Waals surface area contributed by atoms with Crippen LogP contribution in [0.15, 0.2) is 42.5 Å². The minimum absolute atomic E-state index is 0.211. The molecule has 1 aliphatic rings. The molecule has 174 valence electrons. The summed E-state index contributed by atoms with van der Waals surface area (Å²) in [5, 5.41) is 9.98. The van der Waals surface area contributed by atoms with Crippen LogP contribution in [-0.2, 0) is 22.5 Å². The Morgan fingerprint density at radius 3 is 2.28 bits per heavy atom. The van der Waals surface area contributed by atoms with Crippen LogP contribution in [0.3, 0.4) is 0 Å². The molecule has 2 unspecified atom stereocenters. The lowest BCUT2D eigenvalue weighted by Gasteiger charge is -2.27. The highest BCUT2D eigenvalue weighted by Crippen LogP contribution is 2.33. The van der Waals surface area contributed by atoms with Gasteiger partial charge in [0.25, 0.3) is 0 Å². The fraction of sp³-hybridized carbons (Fsp3) is 0.519. The van der Waals surface area contributed by atoms with Gasteiger partial charge in [-0.1, -0.05) is 42.5 Å². The van der Waals surface area contributed by atoms with Crippen LogP contribution in [0.1, 0.15) is 43.0 Å². The maximum atomic E-state index is 12.2. The van der Waals surface area contributed by atoms with E-state index in [1.54, 1.807) is 20.8 Å². The monoisotopic (exact) mass is 439 g/mol. The molecule has 0 amide bonds. The quantitative estimate of drug-likeness (QED) is 0.590. The van der Waals surface area contributed by atoms with Crippen LogP contribution in [-0.4, -0.2) is 47.9 Å². The van der Waals surface area contributed by atoms with E-state index in [4.69, 9.17) is 9.47 Å². The van der Waals surface area contributed by atoms with Gasteiger partial charge in [-0.2, -0.15) is 0 Å². The zero-order valence-corrected chi connectivity index (χ0v) is 20.1. The van der Waals surface area contributed by atoms with E-state index < -0.39 is 5.60 Å². The molecule has 2 aromatic rings. The summed E-state index contributed by atoms with van der Waals surface area (Å²) in [5.41, 5.74) is 3.53. The third-order valence-electron chi connectivity index (χ3n) is 6.28. The Balaban J connectivity index is 1.70. The second-order valence-electron chi connectivity index (χ2n) is 9.48. The minimum Gasteiger partial charge on any atom is -0.476 e. The molecule has 1 aliphatic heterocycles. The summed E-state index contributed by atoms with van der Waals surface area (Å²) in [6, 6.07) is 14.8. The molecule has 0 saturated carbocycles. The van der Waals surface area contributed by atoms with Crippen molar-refractivity contribution in [3.05, 3.63) is 64.7 Å². The molecule has 5 nitrogen and oxygen atoms in total. The molecule has 0 aliphatic carbocycles. The molecule has 0 aromatic heterocycles. The molecule has 1 saturated heterocycles. The second kappa shape index (κ2) is 10.5. The van der Waals surface area contributed by atoms with Gasteiger partial charge in [-0.3, -0.25) is 4.90 Å². The zero-order valence-electron chi connectivity index (χ0n) is 20.1. The van der Waals surface area contributed by atoms with Crippen molar-refractivity contribution in [1.29, 1.82) is 0 Å². The summed E-state index contributed by atoms with van der Waals surface area (Å²) in [7, 11) is 0. The average Bonchev–Trinajstić information content (AvgIpc) is 3.12. The molecule has 1 fully saturated rings. The normalized spacial score (nSPS) is 19.2.